The predicted octanol–water partition coefficient (Wildman–Crippen LogP) is 3.01. The molecule has 4 rings (SSSR count). The van der Waals surface area contributed by atoms with E-state index in [9.17, 15) is 14.0 Å². The number of likely N-dealkylation sites (tertiary alicyclic amines) is 2. The SMILES string of the molecule is O=C(C1CCC(=O)N(C2CC2)C1)N1CCC(Cc2ccc(F)cc2)CC1. The molecule has 5 heteroatoms. The molecule has 2 amide bonds. The molecule has 0 radical (unpaired) electrons. The Bertz CT molecular complexity index is 663. The van der Waals surface area contributed by atoms with E-state index in [0.29, 0.717) is 31.3 Å². The fourth-order valence-electron chi connectivity index (χ4n) is 4.38. The lowest BCUT2D eigenvalue weighted by atomic mass is 9.89. The number of carbonyl (C=O) groups is 2. The van der Waals surface area contributed by atoms with Crippen molar-refractivity contribution >= 4 is 11.8 Å². The molecule has 1 atom stereocenters. The van der Waals surface area contributed by atoms with Gasteiger partial charge in [0.2, 0.25) is 11.8 Å². The second-order valence-electron chi connectivity index (χ2n) is 8.11. The summed E-state index contributed by atoms with van der Waals surface area (Å²) in [7, 11) is 0. The van der Waals surface area contributed by atoms with Crippen LogP contribution in [0, 0.1) is 17.7 Å². The Kier molecular flexibility index (Phi) is 4.96. The van der Waals surface area contributed by atoms with Gasteiger partial charge >= 0.3 is 0 Å². The first-order chi connectivity index (χ1) is 12.6. The lowest BCUT2D eigenvalue weighted by Crippen LogP contribution is -2.49. The number of halogens is 1. The minimum Gasteiger partial charge on any atom is -0.342 e. The fraction of sp³-hybridized carbons (Fsp3) is 0.619. The molecule has 0 aromatic heterocycles. The zero-order chi connectivity index (χ0) is 18.1. The van der Waals surface area contributed by atoms with E-state index >= 15 is 0 Å². The van der Waals surface area contributed by atoms with Crippen molar-refractivity contribution in [2.45, 2.75) is 51.0 Å². The van der Waals surface area contributed by atoms with E-state index in [1.807, 2.05) is 21.9 Å². The largest absolute Gasteiger partial charge is 0.342 e. The van der Waals surface area contributed by atoms with Crippen LogP contribution in [0.25, 0.3) is 0 Å². The van der Waals surface area contributed by atoms with Crippen molar-refractivity contribution in [2.75, 3.05) is 19.6 Å². The summed E-state index contributed by atoms with van der Waals surface area (Å²) < 4.78 is 13.0. The number of nitrogens with zero attached hydrogens (tertiary/aromatic N) is 2. The van der Waals surface area contributed by atoms with Crippen molar-refractivity contribution in [2.24, 2.45) is 11.8 Å². The highest BCUT2D eigenvalue weighted by atomic mass is 19.1. The van der Waals surface area contributed by atoms with Gasteiger partial charge in [-0.3, -0.25) is 9.59 Å². The summed E-state index contributed by atoms with van der Waals surface area (Å²) in [6.45, 7) is 2.23. The van der Waals surface area contributed by atoms with Crippen LogP contribution in [0.2, 0.25) is 0 Å². The van der Waals surface area contributed by atoms with Gasteiger partial charge in [-0.25, -0.2) is 4.39 Å². The molecular formula is C21H27FN2O2. The van der Waals surface area contributed by atoms with E-state index in [0.717, 1.165) is 45.2 Å². The monoisotopic (exact) mass is 358 g/mol. The highest BCUT2D eigenvalue weighted by molar-refractivity contribution is 5.84. The van der Waals surface area contributed by atoms with Crippen molar-refractivity contribution in [1.29, 1.82) is 0 Å². The smallest absolute Gasteiger partial charge is 0.227 e. The Morgan fingerprint density at radius 2 is 1.73 bits per heavy atom. The Morgan fingerprint density at radius 3 is 2.38 bits per heavy atom. The summed E-state index contributed by atoms with van der Waals surface area (Å²) in [5.74, 6) is 0.820. The van der Waals surface area contributed by atoms with E-state index in [1.165, 1.54) is 17.7 Å². The predicted molar refractivity (Wildman–Crippen MR) is 96.9 cm³/mol. The van der Waals surface area contributed by atoms with Crippen LogP contribution in [0.3, 0.4) is 0 Å². The molecule has 2 saturated heterocycles. The normalized spacial score (nSPS) is 24.8. The van der Waals surface area contributed by atoms with Crippen molar-refractivity contribution in [3.8, 4) is 0 Å². The molecule has 140 valence electrons. The Hall–Kier alpha value is -1.91. The van der Waals surface area contributed by atoms with Gasteiger partial charge < -0.3 is 9.80 Å². The molecule has 0 spiro atoms. The molecule has 1 aliphatic carbocycles. The van der Waals surface area contributed by atoms with Gasteiger partial charge in [0.05, 0.1) is 5.92 Å². The first-order valence-corrected chi connectivity index (χ1v) is 9.93. The summed E-state index contributed by atoms with van der Waals surface area (Å²) in [4.78, 5) is 28.9. The molecule has 1 aromatic carbocycles. The van der Waals surface area contributed by atoms with E-state index in [1.54, 1.807) is 0 Å². The van der Waals surface area contributed by atoms with Crippen LogP contribution in [-0.4, -0.2) is 47.3 Å². The van der Waals surface area contributed by atoms with Gasteiger partial charge in [0.15, 0.2) is 0 Å². The average Bonchev–Trinajstić information content (AvgIpc) is 3.49. The molecule has 26 heavy (non-hydrogen) atoms. The van der Waals surface area contributed by atoms with Gasteiger partial charge in [0.25, 0.3) is 0 Å². The number of carbonyl (C=O) groups excluding carboxylic acids is 2. The minimum absolute atomic E-state index is 0.0121. The number of piperidine rings is 2. The van der Waals surface area contributed by atoms with Crippen LogP contribution in [0.5, 0.6) is 0 Å². The first-order valence-electron chi connectivity index (χ1n) is 9.93. The van der Waals surface area contributed by atoms with Gasteiger partial charge in [-0.15, -0.1) is 0 Å². The quantitative estimate of drug-likeness (QED) is 0.830. The minimum atomic E-state index is -0.194. The Morgan fingerprint density at radius 1 is 1.04 bits per heavy atom. The standard InChI is InChI=1S/C21H27FN2O2/c22-18-4-1-15(2-5-18)13-16-9-11-23(12-10-16)21(26)17-3-8-20(25)24(14-17)19-6-7-19/h1-2,4-5,16-17,19H,3,6-14H2. The van der Waals surface area contributed by atoms with Crippen LogP contribution in [0.15, 0.2) is 24.3 Å². The van der Waals surface area contributed by atoms with Crippen molar-refractivity contribution in [3.63, 3.8) is 0 Å². The number of rotatable bonds is 4. The van der Waals surface area contributed by atoms with Crippen molar-refractivity contribution in [3.05, 3.63) is 35.6 Å². The van der Waals surface area contributed by atoms with Crippen molar-refractivity contribution < 1.29 is 14.0 Å². The van der Waals surface area contributed by atoms with Crippen LogP contribution < -0.4 is 0 Å². The molecule has 3 fully saturated rings. The van der Waals surface area contributed by atoms with Crippen molar-refractivity contribution in [1.82, 2.24) is 9.80 Å². The van der Waals surface area contributed by atoms with Gasteiger partial charge in [0, 0.05) is 32.1 Å². The number of benzene rings is 1. The van der Waals surface area contributed by atoms with Gasteiger partial charge in [-0.1, -0.05) is 12.1 Å². The second kappa shape index (κ2) is 7.37. The van der Waals surface area contributed by atoms with Crippen LogP contribution in [0.4, 0.5) is 4.39 Å². The molecular weight excluding hydrogens is 331 g/mol. The summed E-state index contributed by atoms with van der Waals surface area (Å²) >= 11 is 0. The third-order valence-electron chi connectivity index (χ3n) is 6.14. The maximum Gasteiger partial charge on any atom is 0.227 e. The zero-order valence-corrected chi connectivity index (χ0v) is 15.2. The van der Waals surface area contributed by atoms with Gasteiger partial charge in [0.1, 0.15) is 5.82 Å². The summed E-state index contributed by atoms with van der Waals surface area (Å²) in [6.07, 6.45) is 6.38. The fourth-order valence-corrected chi connectivity index (χ4v) is 4.38. The van der Waals surface area contributed by atoms with E-state index in [2.05, 4.69) is 0 Å². The van der Waals surface area contributed by atoms with E-state index < -0.39 is 0 Å². The Balaban J connectivity index is 1.28. The topological polar surface area (TPSA) is 40.6 Å². The molecule has 0 bridgehead atoms. The lowest BCUT2D eigenvalue weighted by molar-refractivity contribution is -0.144. The van der Waals surface area contributed by atoms with Crippen LogP contribution in [-0.2, 0) is 16.0 Å². The summed E-state index contributed by atoms with van der Waals surface area (Å²) in [5, 5.41) is 0. The maximum absolute atomic E-state index is 13.0. The zero-order valence-electron chi connectivity index (χ0n) is 15.2. The van der Waals surface area contributed by atoms with E-state index in [4.69, 9.17) is 0 Å². The molecule has 3 aliphatic rings. The molecule has 1 saturated carbocycles. The average molecular weight is 358 g/mol. The summed E-state index contributed by atoms with van der Waals surface area (Å²) in [5.41, 5.74) is 1.17. The third-order valence-corrected chi connectivity index (χ3v) is 6.14. The first kappa shape index (κ1) is 17.5. The van der Waals surface area contributed by atoms with E-state index in [-0.39, 0.29) is 23.5 Å². The second-order valence-corrected chi connectivity index (χ2v) is 8.11. The van der Waals surface area contributed by atoms with Crippen LogP contribution >= 0.6 is 0 Å². The van der Waals surface area contributed by atoms with Gasteiger partial charge in [-0.05, 0) is 62.1 Å². The summed E-state index contributed by atoms with van der Waals surface area (Å²) in [6, 6.07) is 7.16. The lowest BCUT2D eigenvalue weighted by Gasteiger charge is -2.38. The highest BCUT2D eigenvalue weighted by Gasteiger charge is 2.40. The molecule has 2 heterocycles. The third kappa shape index (κ3) is 3.92. The van der Waals surface area contributed by atoms with Crippen LogP contribution in [0.1, 0.15) is 44.1 Å². The van der Waals surface area contributed by atoms with Gasteiger partial charge in [-0.2, -0.15) is 0 Å². The number of hydrogen-bond acceptors (Lipinski definition) is 2. The highest BCUT2D eigenvalue weighted by Crippen LogP contribution is 2.33. The molecule has 1 aromatic rings. The number of amides is 2. The Labute approximate surface area is 154 Å². The molecule has 1 unspecified atom stereocenters. The molecule has 0 N–H and O–H groups in total. The maximum atomic E-state index is 13.0. The molecule has 2 aliphatic heterocycles. The molecule has 4 nitrogen and oxygen atoms in total. The number of hydrogen-bond donors (Lipinski definition) is 0.